The highest BCUT2D eigenvalue weighted by Crippen LogP contribution is 2.35. The lowest BCUT2D eigenvalue weighted by molar-refractivity contribution is -0.137. The highest BCUT2D eigenvalue weighted by atomic mass is 79.9. The van der Waals surface area contributed by atoms with Gasteiger partial charge in [0, 0.05) is 17.3 Å². The summed E-state index contributed by atoms with van der Waals surface area (Å²) in [6, 6.07) is 0.912. The number of pyridine rings is 1. The SMILES string of the molecule is FC(F)(F)c1cc(Br)cnc1NC1CCOC1. The molecule has 94 valence electrons. The Morgan fingerprint density at radius 1 is 1.47 bits per heavy atom. The predicted octanol–water partition coefficient (Wildman–Crippen LogP) is 3.06. The molecule has 0 spiro atoms. The average molecular weight is 311 g/mol. The number of hydrogen-bond acceptors (Lipinski definition) is 3. The van der Waals surface area contributed by atoms with E-state index in [1.54, 1.807) is 0 Å². The van der Waals surface area contributed by atoms with Crippen LogP contribution < -0.4 is 5.32 Å². The molecule has 0 bridgehead atoms. The maximum Gasteiger partial charge on any atom is 0.419 e. The lowest BCUT2D eigenvalue weighted by Crippen LogP contribution is -2.22. The van der Waals surface area contributed by atoms with Crippen molar-refractivity contribution >= 4 is 21.7 Å². The summed E-state index contributed by atoms with van der Waals surface area (Å²) in [5, 5.41) is 2.77. The molecule has 1 saturated heterocycles. The average Bonchev–Trinajstić information content (AvgIpc) is 2.72. The molecule has 0 aliphatic carbocycles. The van der Waals surface area contributed by atoms with Crippen molar-refractivity contribution in [2.45, 2.75) is 18.6 Å². The van der Waals surface area contributed by atoms with Crippen molar-refractivity contribution in [3.05, 3.63) is 22.3 Å². The van der Waals surface area contributed by atoms with Gasteiger partial charge in [-0.2, -0.15) is 13.2 Å². The minimum Gasteiger partial charge on any atom is -0.379 e. The third-order valence-electron chi connectivity index (χ3n) is 2.43. The van der Waals surface area contributed by atoms with Crippen LogP contribution in [0.1, 0.15) is 12.0 Å². The minimum absolute atomic E-state index is 0.107. The summed E-state index contributed by atoms with van der Waals surface area (Å²) in [6.07, 6.45) is -2.39. The van der Waals surface area contributed by atoms with E-state index in [0.29, 0.717) is 24.1 Å². The van der Waals surface area contributed by atoms with Gasteiger partial charge in [0.1, 0.15) is 5.82 Å². The van der Waals surface area contributed by atoms with Gasteiger partial charge in [-0.25, -0.2) is 4.98 Å². The van der Waals surface area contributed by atoms with Gasteiger partial charge < -0.3 is 10.1 Å². The molecule has 1 unspecified atom stereocenters. The van der Waals surface area contributed by atoms with Crippen molar-refractivity contribution in [3.63, 3.8) is 0 Å². The first-order chi connectivity index (χ1) is 7.97. The molecule has 1 N–H and O–H groups in total. The normalized spacial score (nSPS) is 20.6. The highest BCUT2D eigenvalue weighted by molar-refractivity contribution is 9.10. The molecule has 7 heteroatoms. The number of nitrogens with one attached hydrogen (secondary N) is 1. The third-order valence-corrected chi connectivity index (χ3v) is 2.86. The molecule has 1 aromatic heterocycles. The second-order valence-electron chi connectivity index (χ2n) is 3.75. The Labute approximate surface area is 104 Å². The monoisotopic (exact) mass is 310 g/mol. The molecule has 0 saturated carbocycles. The first-order valence-corrected chi connectivity index (χ1v) is 5.83. The van der Waals surface area contributed by atoms with Crippen LogP contribution in [0.25, 0.3) is 0 Å². The van der Waals surface area contributed by atoms with Crippen LogP contribution in [0, 0.1) is 0 Å². The fourth-order valence-electron chi connectivity index (χ4n) is 1.61. The molecular weight excluding hydrogens is 301 g/mol. The number of anilines is 1. The first-order valence-electron chi connectivity index (χ1n) is 5.04. The van der Waals surface area contributed by atoms with Gasteiger partial charge in [0.25, 0.3) is 0 Å². The van der Waals surface area contributed by atoms with E-state index in [4.69, 9.17) is 4.74 Å². The van der Waals surface area contributed by atoms with Gasteiger partial charge in [-0.15, -0.1) is 0 Å². The summed E-state index contributed by atoms with van der Waals surface area (Å²) in [6.45, 7) is 0.977. The molecule has 2 rings (SSSR count). The maximum atomic E-state index is 12.8. The third kappa shape index (κ3) is 3.10. The van der Waals surface area contributed by atoms with Gasteiger partial charge in [-0.1, -0.05) is 0 Å². The van der Waals surface area contributed by atoms with Crippen molar-refractivity contribution in [2.75, 3.05) is 18.5 Å². The molecule has 0 radical (unpaired) electrons. The largest absolute Gasteiger partial charge is 0.419 e. The van der Waals surface area contributed by atoms with E-state index in [9.17, 15) is 13.2 Å². The Morgan fingerprint density at radius 2 is 2.24 bits per heavy atom. The standard InChI is InChI=1S/C10H10BrF3N2O/c11-6-3-8(10(12,13)14)9(15-4-6)16-7-1-2-17-5-7/h3-4,7H,1-2,5H2,(H,15,16). The zero-order valence-corrected chi connectivity index (χ0v) is 10.3. The molecule has 1 fully saturated rings. The molecule has 2 heterocycles. The number of aromatic nitrogens is 1. The second-order valence-corrected chi connectivity index (χ2v) is 4.67. The smallest absolute Gasteiger partial charge is 0.379 e. The molecule has 3 nitrogen and oxygen atoms in total. The molecule has 1 aromatic rings. The Kier molecular flexibility index (Phi) is 3.58. The van der Waals surface area contributed by atoms with Crippen LogP contribution in [-0.4, -0.2) is 24.2 Å². The minimum atomic E-state index is -4.42. The zero-order valence-electron chi connectivity index (χ0n) is 8.72. The lowest BCUT2D eigenvalue weighted by Gasteiger charge is -2.16. The van der Waals surface area contributed by atoms with Gasteiger partial charge in [0.15, 0.2) is 0 Å². The van der Waals surface area contributed by atoms with E-state index < -0.39 is 11.7 Å². The van der Waals surface area contributed by atoms with E-state index in [0.717, 1.165) is 6.07 Å². The Hall–Kier alpha value is -0.820. The van der Waals surface area contributed by atoms with Crippen LogP contribution in [0.5, 0.6) is 0 Å². The van der Waals surface area contributed by atoms with Gasteiger partial charge >= 0.3 is 6.18 Å². The number of rotatable bonds is 2. The number of hydrogen-bond donors (Lipinski definition) is 1. The number of nitrogens with zero attached hydrogens (tertiary/aromatic N) is 1. The van der Waals surface area contributed by atoms with Gasteiger partial charge in [0.2, 0.25) is 0 Å². The Morgan fingerprint density at radius 3 is 2.82 bits per heavy atom. The van der Waals surface area contributed by atoms with Crippen LogP contribution >= 0.6 is 15.9 Å². The van der Waals surface area contributed by atoms with Crippen molar-refractivity contribution < 1.29 is 17.9 Å². The first kappa shape index (κ1) is 12.6. The van der Waals surface area contributed by atoms with E-state index in [2.05, 4.69) is 26.2 Å². The van der Waals surface area contributed by atoms with E-state index in [1.165, 1.54) is 6.20 Å². The number of halogens is 4. The summed E-state index contributed by atoms with van der Waals surface area (Å²) in [5.74, 6) is -0.142. The van der Waals surface area contributed by atoms with E-state index >= 15 is 0 Å². The fraction of sp³-hybridized carbons (Fsp3) is 0.500. The Bertz CT molecular complexity index is 405. The quantitative estimate of drug-likeness (QED) is 0.911. The van der Waals surface area contributed by atoms with Crippen LogP contribution in [0.3, 0.4) is 0 Å². The molecule has 1 atom stereocenters. The summed E-state index contributed by atoms with van der Waals surface area (Å²) in [5.41, 5.74) is -0.765. The molecule has 1 aliphatic rings. The van der Waals surface area contributed by atoms with Crippen molar-refractivity contribution in [1.29, 1.82) is 0 Å². The maximum absolute atomic E-state index is 12.8. The molecule has 0 aromatic carbocycles. The number of alkyl halides is 3. The molecule has 0 amide bonds. The molecule has 17 heavy (non-hydrogen) atoms. The van der Waals surface area contributed by atoms with Gasteiger partial charge in [-0.3, -0.25) is 0 Å². The Balaban J connectivity index is 2.25. The van der Waals surface area contributed by atoms with Gasteiger partial charge in [-0.05, 0) is 28.4 Å². The molecule has 1 aliphatic heterocycles. The van der Waals surface area contributed by atoms with Crippen molar-refractivity contribution in [3.8, 4) is 0 Å². The van der Waals surface area contributed by atoms with Crippen LogP contribution in [0.15, 0.2) is 16.7 Å². The van der Waals surface area contributed by atoms with E-state index in [1.807, 2.05) is 0 Å². The van der Waals surface area contributed by atoms with Crippen LogP contribution in [0.4, 0.5) is 19.0 Å². The topological polar surface area (TPSA) is 34.2 Å². The summed E-state index contributed by atoms with van der Waals surface area (Å²) in [4.78, 5) is 3.77. The lowest BCUT2D eigenvalue weighted by atomic mass is 10.2. The highest BCUT2D eigenvalue weighted by Gasteiger charge is 2.35. The summed E-state index contributed by atoms with van der Waals surface area (Å²) in [7, 11) is 0. The summed E-state index contributed by atoms with van der Waals surface area (Å²) < 4.78 is 43.7. The predicted molar refractivity (Wildman–Crippen MR) is 59.8 cm³/mol. The number of ether oxygens (including phenoxy) is 1. The van der Waals surface area contributed by atoms with E-state index in [-0.39, 0.29) is 11.9 Å². The van der Waals surface area contributed by atoms with Gasteiger partial charge in [0.05, 0.1) is 18.2 Å². The second kappa shape index (κ2) is 4.81. The van der Waals surface area contributed by atoms with Crippen molar-refractivity contribution in [1.82, 2.24) is 4.98 Å². The fourth-order valence-corrected chi connectivity index (χ4v) is 1.94. The van der Waals surface area contributed by atoms with Crippen LogP contribution in [-0.2, 0) is 10.9 Å². The zero-order chi connectivity index (χ0) is 12.5. The summed E-state index contributed by atoms with van der Waals surface area (Å²) >= 11 is 2.99. The molecular formula is C10H10BrF3N2O. The van der Waals surface area contributed by atoms with Crippen molar-refractivity contribution in [2.24, 2.45) is 0 Å². The van der Waals surface area contributed by atoms with Crippen LogP contribution in [0.2, 0.25) is 0 Å².